The van der Waals surface area contributed by atoms with E-state index in [0.29, 0.717) is 0 Å². The van der Waals surface area contributed by atoms with Gasteiger partial charge in [0, 0.05) is 6.21 Å². The van der Waals surface area contributed by atoms with Gasteiger partial charge in [-0.1, -0.05) is 0 Å². The summed E-state index contributed by atoms with van der Waals surface area (Å²) in [6, 6.07) is 0. The van der Waals surface area contributed by atoms with E-state index in [9.17, 15) is 0 Å². The molecule has 0 aromatic rings. The first-order valence-electron chi connectivity index (χ1n) is 1.24. The van der Waals surface area contributed by atoms with Crippen molar-refractivity contribution in [1.29, 1.82) is 0 Å². The van der Waals surface area contributed by atoms with Gasteiger partial charge in [-0.05, 0) is 0 Å². The van der Waals surface area contributed by atoms with Crippen molar-refractivity contribution in [3.63, 3.8) is 0 Å². The lowest BCUT2D eigenvalue weighted by atomic mass is 10.7. The summed E-state index contributed by atoms with van der Waals surface area (Å²) in [6.07, 6.45) is 1.82. The van der Waals surface area contributed by atoms with Crippen LogP contribution in [0.2, 0.25) is 0 Å². The van der Waals surface area contributed by atoms with Gasteiger partial charge in [-0.3, -0.25) is 0 Å². The van der Waals surface area contributed by atoms with E-state index in [4.69, 9.17) is 0 Å². The van der Waals surface area contributed by atoms with Gasteiger partial charge in [0.05, 0.1) is 6.54 Å². The molecule has 0 fully saturated rings. The van der Waals surface area contributed by atoms with Gasteiger partial charge >= 0.3 is 0 Å². The van der Waals surface area contributed by atoms with Gasteiger partial charge in [-0.25, -0.2) is 0 Å². The maximum atomic E-state index is 3.54. The van der Waals surface area contributed by atoms with E-state index in [1.54, 1.807) is 0 Å². The van der Waals surface area contributed by atoms with Crippen LogP contribution in [0.15, 0.2) is 5.10 Å². The van der Waals surface area contributed by atoms with Gasteiger partial charge in [0.1, 0.15) is 0 Å². The molecule has 0 aromatic heterocycles. The lowest BCUT2D eigenvalue weighted by molar-refractivity contribution is 0.792. The SMILES string of the molecule is C1=NNC1. The molecule has 1 rings (SSSR count). The zero-order valence-corrected chi connectivity index (χ0v) is 2.23. The fourth-order valence-corrected chi connectivity index (χ4v) is 0.0913. The van der Waals surface area contributed by atoms with E-state index < -0.39 is 0 Å². The first kappa shape index (κ1) is 1.76. The minimum absolute atomic E-state index is 0.958. The Morgan fingerprint density at radius 3 is 2.25 bits per heavy atom. The number of hydrogen-bond acceptors (Lipinski definition) is 2. The predicted octanol–water partition coefficient (Wildman–Crippen LogP) is -0.425. The molecule has 1 N–H and O–H groups in total. The van der Waals surface area contributed by atoms with E-state index in [-0.39, 0.29) is 0 Å². The van der Waals surface area contributed by atoms with Crippen molar-refractivity contribution in [2.75, 3.05) is 6.54 Å². The van der Waals surface area contributed by atoms with Gasteiger partial charge in [-0.2, -0.15) is 5.10 Å². The molecule has 1 aliphatic heterocycles. The molecule has 1 aliphatic rings. The lowest BCUT2D eigenvalue weighted by Gasteiger charge is -1.98. The molecule has 0 bridgehead atoms. The zero-order valence-electron chi connectivity index (χ0n) is 2.23. The normalized spacial score (nSPS) is 18.0. The largest absolute Gasteiger partial charge is 0.305 e. The molecule has 0 spiro atoms. The smallest absolute Gasteiger partial charge is 0.0700 e. The first-order valence-corrected chi connectivity index (χ1v) is 1.24. The van der Waals surface area contributed by atoms with Gasteiger partial charge in [0.25, 0.3) is 0 Å². The Hall–Kier alpha value is -0.530. The monoisotopic (exact) mass is 56.0 g/mol. The molecule has 4 heavy (non-hydrogen) atoms. The third kappa shape index (κ3) is 0.0270. The van der Waals surface area contributed by atoms with Crippen molar-refractivity contribution < 1.29 is 0 Å². The number of hydrogen-bond donors (Lipinski definition) is 1. The summed E-state index contributed by atoms with van der Waals surface area (Å²) in [5.41, 5.74) is 2.68. The van der Waals surface area contributed by atoms with Gasteiger partial charge < -0.3 is 5.43 Å². The molecule has 0 saturated heterocycles. The molecule has 0 aromatic carbocycles. The molecular formula is C2H4N2. The Morgan fingerprint density at radius 2 is 2.25 bits per heavy atom. The Morgan fingerprint density at radius 1 is 2.00 bits per heavy atom. The van der Waals surface area contributed by atoms with Crippen molar-refractivity contribution in [2.45, 2.75) is 0 Å². The molecule has 0 radical (unpaired) electrons. The summed E-state index contributed by atoms with van der Waals surface area (Å²) in [6.45, 7) is 0.958. The van der Waals surface area contributed by atoms with E-state index in [2.05, 4.69) is 10.5 Å². The molecule has 0 amide bonds. The van der Waals surface area contributed by atoms with E-state index in [0.717, 1.165) is 6.54 Å². The third-order valence-electron chi connectivity index (χ3n) is 0.365. The lowest BCUT2D eigenvalue weighted by Crippen LogP contribution is -2.18. The van der Waals surface area contributed by atoms with Crippen LogP contribution in [-0.2, 0) is 0 Å². The predicted molar refractivity (Wildman–Crippen MR) is 16.5 cm³/mol. The van der Waals surface area contributed by atoms with Crippen LogP contribution in [-0.4, -0.2) is 12.8 Å². The van der Waals surface area contributed by atoms with Crippen molar-refractivity contribution in [3.05, 3.63) is 0 Å². The van der Waals surface area contributed by atoms with Crippen molar-refractivity contribution >= 4 is 6.21 Å². The van der Waals surface area contributed by atoms with Gasteiger partial charge in [0.15, 0.2) is 0 Å². The molecule has 2 heteroatoms. The highest BCUT2D eigenvalue weighted by atomic mass is 15.3. The van der Waals surface area contributed by atoms with Crippen molar-refractivity contribution in [1.82, 2.24) is 5.43 Å². The molecular weight excluding hydrogens is 52.0 g/mol. The molecule has 22 valence electrons. The van der Waals surface area contributed by atoms with Crippen LogP contribution in [0.5, 0.6) is 0 Å². The van der Waals surface area contributed by atoms with Crippen LogP contribution in [0.4, 0.5) is 0 Å². The number of nitrogens with one attached hydrogen (secondary N) is 1. The van der Waals surface area contributed by atoms with Crippen LogP contribution in [0.1, 0.15) is 0 Å². The summed E-state index contributed by atoms with van der Waals surface area (Å²) in [7, 11) is 0. The number of hydrazone groups is 1. The van der Waals surface area contributed by atoms with Crippen LogP contribution >= 0.6 is 0 Å². The maximum absolute atomic E-state index is 3.54. The Kier molecular flexibility index (Phi) is 0.195. The van der Waals surface area contributed by atoms with Crippen LogP contribution < -0.4 is 5.43 Å². The Labute approximate surface area is 24.5 Å². The first-order chi connectivity index (χ1) is 2.00. The van der Waals surface area contributed by atoms with E-state index >= 15 is 0 Å². The minimum Gasteiger partial charge on any atom is -0.305 e. The second-order valence-electron chi connectivity index (χ2n) is 0.674. The zero-order chi connectivity index (χ0) is 2.83. The third-order valence-corrected chi connectivity index (χ3v) is 0.365. The quantitative estimate of drug-likeness (QED) is 0.400. The molecule has 0 unspecified atom stereocenters. The highest BCUT2D eigenvalue weighted by Crippen LogP contribution is 1.62. The van der Waals surface area contributed by atoms with Gasteiger partial charge in [0.2, 0.25) is 0 Å². The summed E-state index contributed by atoms with van der Waals surface area (Å²) in [5, 5.41) is 3.54. The number of nitrogens with zero attached hydrogens (tertiary/aromatic N) is 1. The number of rotatable bonds is 0. The van der Waals surface area contributed by atoms with Crippen molar-refractivity contribution in [2.24, 2.45) is 5.10 Å². The molecule has 0 atom stereocenters. The fraction of sp³-hybridized carbons (Fsp3) is 0.500. The second-order valence-corrected chi connectivity index (χ2v) is 0.674. The minimum atomic E-state index is 0.958. The maximum Gasteiger partial charge on any atom is 0.0700 e. The highest BCUT2D eigenvalue weighted by molar-refractivity contribution is 5.63. The highest BCUT2D eigenvalue weighted by Gasteiger charge is 1.78. The fourth-order valence-electron chi connectivity index (χ4n) is 0.0913. The van der Waals surface area contributed by atoms with Crippen LogP contribution in [0, 0.1) is 0 Å². The molecule has 2 nitrogen and oxygen atoms in total. The molecule has 0 saturated carbocycles. The van der Waals surface area contributed by atoms with E-state index in [1.807, 2.05) is 6.21 Å². The Bertz CT molecular complexity index is 33.3. The summed E-state index contributed by atoms with van der Waals surface area (Å²) in [5.74, 6) is 0. The average Bonchev–Trinajstić information content (AvgIpc) is 0.722. The average molecular weight is 56.1 g/mol. The topological polar surface area (TPSA) is 24.4 Å². The Balaban J connectivity index is 2.47. The molecule has 1 heterocycles. The van der Waals surface area contributed by atoms with Crippen LogP contribution in [0.3, 0.4) is 0 Å². The molecule has 0 aliphatic carbocycles. The van der Waals surface area contributed by atoms with Crippen LogP contribution in [0.25, 0.3) is 0 Å². The summed E-state index contributed by atoms with van der Waals surface area (Å²) < 4.78 is 0. The summed E-state index contributed by atoms with van der Waals surface area (Å²) >= 11 is 0. The van der Waals surface area contributed by atoms with Crippen molar-refractivity contribution in [3.8, 4) is 0 Å². The summed E-state index contributed by atoms with van der Waals surface area (Å²) in [4.78, 5) is 0. The standard InChI is InChI=1S/C2H4N2/c1-2-4-3-1/h1,4H,2H2. The second kappa shape index (κ2) is 0.443. The van der Waals surface area contributed by atoms with E-state index in [1.165, 1.54) is 0 Å². The van der Waals surface area contributed by atoms with Gasteiger partial charge in [-0.15, -0.1) is 0 Å².